The van der Waals surface area contributed by atoms with E-state index in [1.807, 2.05) is 6.92 Å². The van der Waals surface area contributed by atoms with Crippen molar-refractivity contribution in [2.24, 2.45) is 5.92 Å². The molecule has 0 aliphatic carbocycles. The molecule has 0 aromatic heterocycles. The number of benzene rings is 2. The highest BCUT2D eigenvalue weighted by atomic mass is 32.2. The summed E-state index contributed by atoms with van der Waals surface area (Å²) in [4.78, 5) is 12.4. The van der Waals surface area contributed by atoms with E-state index in [9.17, 15) is 22.0 Å². The van der Waals surface area contributed by atoms with Crippen molar-refractivity contribution in [2.45, 2.75) is 31.3 Å². The van der Waals surface area contributed by atoms with E-state index in [1.54, 1.807) is 24.3 Å². The van der Waals surface area contributed by atoms with Crippen molar-refractivity contribution in [3.63, 3.8) is 0 Å². The predicted molar refractivity (Wildman–Crippen MR) is 98.8 cm³/mol. The lowest BCUT2D eigenvalue weighted by Crippen LogP contribution is -2.40. The van der Waals surface area contributed by atoms with E-state index in [0.29, 0.717) is 12.8 Å². The third-order valence-corrected chi connectivity index (χ3v) is 6.76. The average Bonchev–Trinajstić information content (AvgIpc) is 2.69. The second-order valence-electron chi connectivity index (χ2n) is 6.81. The molecule has 5 nitrogen and oxygen atoms in total. The molecule has 28 heavy (non-hydrogen) atoms. The molecule has 1 heterocycles. The summed E-state index contributed by atoms with van der Waals surface area (Å²) in [5, 5.41) is 0. The number of aryl methyl sites for hydroxylation is 1. The molecule has 0 atom stereocenters. The lowest BCUT2D eigenvalue weighted by Gasteiger charge is -2.30. The Morgan fingerprint density at radius 1 is 1.11 bits per heavy atom. The molecule has 0 unspecified atom stereocenters. The summed E-state index contributed by atoms with van der Waals surface area (Å²) in [7, 11) is -3.60. The molecule has 1 aliphatic rings. The van der Waals surface area contributed by atoms with Gasteiger partial charge in [-0.25, -0.2) is 17.2 Å². The van der Waals surface area contributed by atoms with Gasteiger partial charge in [-0.3, -0.25) is 4.79 Å². The van der Waals surface area contributed by atoms with Crippen molar-refractivity contribution in [3.05, 3.63) is 65.2 Å². The summed E-state index contributed by atoms with van der Waals surface area (Å²) in [6.45, 7) is 1.92. The van der Waals surface area contributed by atoms with E-state index in [4.69, 9.17) is 4.74 Å². The first-order chi connectivity index (χ1) is 13.3. The van der Waals surface area contributed by atoms with Gasteiger partial charge in [-0.2, -0.15) is 4.31 Å². The molecule has 0 saturated carbocycles. The number of carbonyl (C=O) groups excluding carboxylic acids is 1. The number of sulfonamides is 1. The maximum absolute atomic E-state index is 13.6. The van der Waals surface area contributed by atoms with Crippen molar-refractivity contribution in [1.82, 2.24) is 4.31 Å². The zero-order valence-corrected chi connectivity index (χ0v) is 16.2. The number of esters is 1. The molecule has 1 fully saturated rings. The summed E-state index contributed by atoms with van der Waals surface area (Å²) in [5.41, 5.74) is 0.933. The van der Waals surface area contributed by atoms with Gasteiger partial charge in [0.1, 0.15) is 6.61 Å². The van der Waals surface area contributed by atoms with Crippen molar-refractivity contribution in [1.29, 1.82) is 0 Å². The van der Waals surface area contributed by atoms with E-state index in [-0.39, 0.29) is 30.2 Å². The third kappa shape index (κ3) is 4.39. The summed E-state index contributed by atoms with van der Waals surface area (Å²) in [6.07, 6.45) is 0.630. The van der Waals surface area contributed by atoms with E-state index >= 15 is 0 Å². The zero-order valence-electron chi connectivity index (χ0n) is 15.4. The Morgan fingerprint density at radius 3 is 2.39 bits per heavy atom. The Hall–Kier alpha value is -2.32. The minimum atomic E-state index is -3.60. The van der Waals surface area contributed by atoms with Crippen LogP contribution in [0.3, 0.4) is 0 Å². The average molecular weight is 409 g/mol. The molecule has 8 heteroatoms. The molecular formula is C20H21F2NO4S. The van der Waals surface area contributed by atoms with Crippen LogP contribution < -0.4 is 0 Å². The minimum Gasteiger partial charge on any atom is -0.460 e. The zero-order chi connectivity index (χ0) is 20.3. The van der Waals surface area contributed by atoms with Crippen LogP contribution in [0.25, 0.3) is 0 Å². The smallest absolute Gasteiger partial charge is 0.309 e. The monoisotopic (exact) mass is 409 g/mol. The van der Waals surface area contributed by atoms with Crippen molar-refractivity contribution in [3.8, 4) is 0 Å². The lowest BCUT2D eigenvalue weighted by atomic mass is 9.98. The van der Waals surface area contributed by atoms with E-state index in [1.165, 1.54) is 16.4 Å². The Morgan fingerprint density at radius 2 is 1.75 bits per heavy atom. The summed E-state index contributed by atoms with van der Waals surface area (Å²) < 4.78 is 58.7. The van der Waals surface area contributed by atoms with Gasteiger partial charge >= 0.3 is 5.97 Å². The number of halogens is 2. The van der Waals surface area contributed by atoms with E-state index in [0.717, 1.165) is 11.6 Å². The van der Waals surface area contributed by atoms with Crippen molar-refractivity contribution < 1.29 is 26.7 Å². The van der Waals surface area contributed by atoms with Gasteiger partial charge in [0.2, 0.25) is 10.0 Å². The summed E-state index contributed by atoms with van der Waals surface area (Å²) in [5.74, 6) is -3.03. The SMILES string of the molecule is Cc1ccc(S(=O)(=O)N2CCC(C(=O)OCc3cccc(F)c3F)CC2)cc1. The van der Waals surface area contributed by atoms with Crippen LogP contribution in [0.4, 0.5) is 8.78 Å². The molecular weight excluding hydrogens is 388 g/mol. The number of ether oxygens (including phenoxy) is 1. The van der Waals surface area contributed by atoms with Crippen LogP contribution in [0.2, 0.25) is 0 Å². The summed E-state index contributed by atoms with van der Waals surface area (Å²) >= 11 is 0. The minimum absolute atomic E-state index is 0.0345. The molecule has 0 radical (unpaired) electrons. The lowest BCUT2D eigenvalue weighted by molar-refractivity contribution is -0.151. The molecule has 0 spiro atoms. The fourth-order valence-corrected chi connectivity index (χ4v) is 4.59. The van der Waals surface area contributed by atoms with Gasteiger partial charge in [-0.05, 0) is 38.0 Å². The topological polar surface area (TPSA) is 63.7 Å². The normalized spacial score (nSPS) is 16.1. The fraction of sp³-hybridized carbons (Fsp3) is 0.350. The first-order valence-electron chi connectivity index (χ1n) is 8.95. The van der Waals surface area contributed by atoms with Gasteiger partial charge in [-0.1, -0.05) is 29.8 Å². The molecule has 0 N–H and O–H groups in total. The van der Waals surface area contributed by atoms with Crippen LogP contribution >= 0.6 is 0 Å². The largest absolute Gasteiger partial charge is 0.460 e. The molecule has 2 aromatic carbocycles. The van der Waals surface area contributed by atoms with Gasteiger partial charge in [-0.15, -0.1) is 0 Å². The number of hydrogen-bond donors (Lipinski definition) is 0. The molecule has 1 aliphatic heterocycles. The maximum Gasteiger partial charge on any atom is 0.309 e. The number of carbonyl (C=O) groups is 1. The second kappa shape index (κ2) is 8.36. The first-order valence-corrected chi connectivity index (χ1v) is 10.4. The standard InChI is InChI=1S/C20H21F2NO4S/c1-14-5-7-17(8-6-14)28(25,26)23-11-9-15(10-12-23)20(24)27-13-16-3-2-4-18(21)19(16)22/h2-8,15H,9-13H2,1H3. The fourth-order valence-electron chi connectivity index (χ4n) is 3.12. The highest BCUT2D eigenvalue weighted by Crippen LogP contribution is 2.25. The molecule has 2 aromatic rings. The highest BCUT2D eigenvalue weighted by Gasteiger charge is 2.32. The van der Waals surface area contributed by atoms with Gasteiger partial charge in [0, 0.05) is 18.7 Å². The third-order valence-electron chi connectivity index (χ3n) is 4.85. The van der Waals surface area contributed by atoms with Gasteiger partial charge in [0.15, 0.2) is 11.6 Å². The second-order valence-corrected chi connectivity index (χ2v) is 8.75. The Kier molecular flexibility index (Phi) is 6.10. The number of rotatable bonds is 5. The van der Waals surface area contributed by atoms with Crippen LogP contribution in [0.5, 0.6) is 0 Å². The van der Waals surface area contributed by atoms with Crippen LogP contribution in [0.15, 0.2) is 47.4 Å². The summed E-state index contributed by atoms with van der Waals surface area (Å²) in [6, 6.07) is 10.3. The molecule has 0 amide bonds. The maximum atomic E-state index is 13.6. The van der Waals surface area contributed by atoms with Crippen molar-refractivity contribution >= 4 is 16.0 Å². The quantitative estimate of drug-likeness (QED) is 0.710. The van der Waals surface area contributed by atoms with Crippen LogP contribution in [0, 0.1) is 24.5 Å². The van der Waals surface area contributed by atoms with Crippen molar-refractivity contribution in [2.75, 3.05) is 13.1 Å². The van der Waals surface area contributed by atoms with Crippen LogP contribution in [-0.4, -0.2) is 31.8 Å². The van der Waals surface area contributed by atoms with E-state index in [2.05, 4.69) is 0 Å². The molecule has 1 saturated heterocycles. The predicted octanol–water partition coefficient (Wildman–Crippen LogP) is 3.42. The van der Waals surface area contributed by atoms with Gasteiger partial charge in [0.05, 0.1) is 10.8 Å². The first kappa shape index (κ1) is 20.4. The highest BCUT2D eigenvalue weighted by molar-refractivity contribution is 7.89. The van der Waals surface area contributed by atoms with E-state index < -0.39 is 33.5 Å². The number of nitrogens with zero attached hydrogens (tertiary/aromatic N) is 1. The molecule has 0 bridgehead atoms. The number of piperidine rings is 1. The Bertz CT molecular complexity index is 953. The van der Waals surface area contributed by atoms with Gasteiger partial charge in [0.25, 0.3) is 0 Å². The molecule has 150 valence electrons. The Balaban J connectivity index is 1.56. The van der Waals surface area contributed by atoms with Crippen LogP contribution in [-0.2, 0) is 26.2 Å². The molecule has 3 rings (SSSR count). The van der Waals surface area contributed by atoms with Gasteiger partial charge < -0.3 is 4.74 Å². The number of hydrogen-bond acceptors (Lipinski definition) is 4. The Labute approximate surface area is 163 Å². The van der Waals surface area contributed by atoms with Crippen LogP contribution in [0.1, 0.15) is 24.0 Å².